The Morgan fingerprint density at radius 1 is 0.243 bits per heavy atom. The van der Waals surface area contributed by atoms with Crippen molar-refractivity contribution in [1.29, 1.82) is 0 Å². The smallest absolute Gasteiger partial charge is 0.0443 e. The number of hydrogen-bond donors (Lipinski definition) is 0. The van der Waals surface area contributed by atoms with Crippen molar-refractivity contribution in [1.82, 2.24) is 0 Å². The Morgan fingerprint density at radius 2 is 0.432 bits per heavy atom. The minimum Gasteiger partial charge on any atom is -0.0654 e. The van der Waals surface area contributed by atoms with E-state index in [0.29, 0.717) is 0 Å². The predicted molar refractivity (Wildman–Crippen MR) is 173 cm³/mol. The molecule has 0 saturated carbocycles. The van der Waals surface area contributed by atoms with Gasteiger partial charge in [-0.15, -0.1) is 0 Å². The van der Waals surface area contributed by atoms with Gasteiger partial charge in [-0.05, 0) is 17.8 Å². The Morgan fingerprint density at radius 3 is 0.730 bits per heavy atom. The van der Waals surface area contributed by atoms with Crippen molar-refractivity contribution >= 4 is 0 Å². The zero-order chi connectivity index (χ0) is 27.2. The van der Waals surface area contributed by atoms with Gasteiger partial charge in [0.25, 0.3) is 0 Å². The van der Waals surface area contributed by atoms with E-state index in [9.17, 15) is 0 Å². The van der Waals surface area contributed by atoms with E-state index in [4.69, 9.17) is 0 Å². The van der Waals surface area contributed by atoms with E-state index < -0.39 is 0 Å². The Balaban J connectivity index is 3.32. The maximum absolute atomic E-state index is 2.51. The van der Waals surface area contributed by atoms with Crippen LogP contribution < -0.4 is 0 Å². The Kier molecular flexibility index (Phi) is 30.5. The van der Waals surface area contributed by atoms with Gasteiger partial charge < -0.3 is 0 Å². The molecule has 0 radical (unpaired) electrons. The number of unbranched alkanes of at least 4 members (excludes halogenated alkanes) is 19. The quantitative estimate of drug-likeness (QED) is 0.0797. The van der Waals surface area contributed by atoms with E-state index in [1.54, 1.807) is 0 Å². The summed E-state index contributed by atoms with van der Waals surface area (Å²) in [6, 6.07) is 0. The van der Waals surface area contributed by atoms with Gasteiger partial charge in [0.05, 0.1) is 0 Å². The average Bonchev–Trinajstić information content (AvgIpc) is 2.88. The predicted octanol–water partition coefficient (Wildman–Crippen LogP) is 14.2. The van der Waals surface area contributed by atoms with Crippen molar-refractivity contribution in [2.24, 2.45) is 17.8 Å². The van der Waals surface area contributed by atoms with E-state index >= 15 is 0 Å². The van der Waals surface area contributed by atoms with Crippen LogP contribution >= 0.6 is 0 Å². The van der Waals surface area contributed by atoms with E-state index in [1.807, 2.05) is 0 Å². The van der Waals surface area contributed by atoms with Crippen LogP contribution in [-0.2, 0) is 0 Å². The zero-order valence-corrected chi connectivity index (χ0v) is 27.2. The van der Waals surface area contributed by atoms with Crippen molar-refractivity contribution in [2.45, 2.75) is 221 Å². The lowest BCUT2D eigenvalue weighted by Crippen LogP contribution is -1.99. The molecule has 0 N–H and O–H groups in total. The molecule has 3 atom stereocenters. The van der Waals surface area contributed by atoms with Gasteiger partial charge in [-0.3, -0.25) is 0 Å². The molecule has 0 spiro atoms. The maximum Gasteiger partial charge on any atom is -0.0443 e. The lowest BCUT2D eigenvalue weighted by Gasteiger charge is -2.14. The molecule has 0 aromatic heterocycles. The first-order valence-electron chi connectivity index (χ1n) is 18.1. The van der Waals surface area contributed by atoms with Gasteiger partial charge in [0.1, 0.15) is 0 Å². The molecule has 0 heteroatoms. The summed E-state index contributed by atoms with van der Waals surface area (Å²) >= 11 is 0. The van der Waals surface area contributed by atoms with Crippen LogP contribution in [0.25, 0.3) is 0 Å². The summed E-state index contributed by atoms with van der Waals surface area (Å²) in [5.74, 6) is 2.86. The molecule has 0 bridgehead atoms. The molecule has 0 aliphatic carbocycles. The number of rotatable bonds is 31. The molecule has 0 aliphatic heterocycles. The van der Waals surface area contributed by atoms with Crippen LogP contribution in [0.15, 0.2) is 0 Å². The highest BCUT2D eigenvalue weighted by Crippen LogP contribution is 2.22. The highest BCUT2D eigenvalue weighted by atomic mass is 14.1. The van der Waals surface area contributed by atoms with Crippen molar-refractivity contribution in [2.75, 3.05) is 0 Å². The van der Waals surface area contributed by atoms with Crippen molar-refractivity contribution in [3.63, 3.8) is 0 Å². The van der Waals surface area contributed by atoms with Crippen LogP contribution in [0, 0.1) is 17.8 Å². The fourth-order valence-corrected chi connectivity index (χ4v) is 6.19. The summed E-state index contributed by atoms with van der Waals surface area (Å²) < 4.78 is 0. The SMILES string of the molecule is CCCCCCCCCCCCCCCCC(C)CCCC(C)CCCCCCCC(C)CCCCC. The first-order valence-corrected chi connectivity index (χ1v) is 18.1. The topological polar surface area (TPSA) is 0 Å². The van der Waals surface area contributed by atoms with E-state index in [0.717, 1.165) is 17.8 Å². The van der Waals surface area contributed by atoms with Gasteiger partial charge in [-0.2, -0.15) is 0 Å². The van der Waals surface area contributed by atoms with Crippen LogP contribution in [0.3, 0.4) is 0 Å². The van der Waals surface area contributed by atoms with Gasteiger partial charge in [-0.1, -0.05) is 221 Å². The Bertz CT molecular complexity index is 399. The van der Waals surface area contributed by atoms with Gasteiger partial charge in [0.2, 0.25) is 0 Å². The molecule has 0 amide bonds. The van der Waals surface area contributed by atoms with Crippen LogP contribution in [0.2, 0.25) is 0 Å². The fourth-order valence-electron chi connectivity index (χ4n) is 6.19. The van der Waals surface area contributed by atoms with Gasteiger partial charge in [0, 0.05) is 0 Å². The summed E-state index contributed by atoms with van der Waals surface area (Å²) in [4.78, 5) is 0. The third kappa shape index (κ3) is 30.4. The van der Waals surface area contributed by atoms with Gasteiger partial charge >= 0.3 is 0 Å². The zero-order valence-electron chi connectivity index (χ0n) is 27.2. The van der Waals surface area contributed by atoms with Crippen molar-refractivity contribution < 1.29 is 0 Å². The average molecular weight is 521 g/mol. The molecule has 0 nitrogen and oxygen atoms in total. The molecule has 0 saturated heterocycles. The largest absolute Gasteiger partial charge is 0.0654 e. The van der Waals surface area contributed by atoms with Crippen LogP contribution in [-0.4, -0.2) is 0 Å². The Labute approximate surface area is 238 Å². The van der Waals surface area contributed by atoms with Gasteiger partial charge in [-0.25, -0.2) is 0 Å². The van der Waals surface area contributed by atoms with E-state index in [2.05, 4.69) is 34.6 Å². The second-order valence-corrected chi connectivity index (χ2v) is 13.5. The molecule has 0 aromatic rings. The minimum absolute atomic E-state index is 0.951. The first kappa shape index (κ1) is 37.0. The van der Waals surface area contributed by atoms with E-state index in [-0.39, 0.29) is 0 Å². The van der Waals surface area contributed by atoms with Gasteiger partial charge in [0.15, 0.2) is 0 Å². The standard InChI is InChI=1S/C37H76/c1-6-8-10-11-12-13-14-15-16-17-18-19-21-25-31-36(4)33-28-34-37(5)32-27-23-20-22-26-30-35(3)29-24-9-7-2/h35-37H,6-34H2,1-5H3. The molecule has 0 aromatic carbocycles. The summed E-state index contributed by atoms with van der Waals surface area (Å²) in [6.45, 7) is 12.1. The highest BCUT2D eigenvalue weighted by molar-refractivity contribution is 4.60. The lowest BCUT2D eigenvalue weighted by molar-refractivity contribution is 0.389. The summed E-state index contributed by atoms with van der Waals surface area (Å²) in [5, 5.41) is 0. The summed E-state index contributed by atoms with van der Waals surface area (Å²) in [5.41, 5.74) is 0. The summed E-state index contributed by atoms with van der Waals surface area (Å²) in [7, 11) is 0. The van der Waals surface area contributed by atoms with Crippen molar-refractivity contribution in [3.05, 3.63) is 0 Å². The molecule has 3 unspecified atom stereocenters. The highest BCUT2D eigenvalue weighted by Gasteiger charge is 2.06. The molecule has 0 aliphatic rings. The maximum atomic E-state index is 2.51. The van der Waals surface area contributed by atoms with Crippen molar-refractivity contribution in [3.8, 4) is 0 Å². The summed E-state index contributed by atoms with van der Waals surface area (Å²) in [6.07, 6.45) is 42.5. The fraction of sp³-hybridized carbons (Fsp3) is 1.00. The minimum atomic E-state index is 0.951. The third-order valence-corrected chi connectivity index (χ3v) is 9.14. The van der Waals surface area contributed by atoms with Crippen LogP contribution in [0.4, 0.5) is 0 Å². The molecular formula is C37H76. The molecule has 0 rings (SSSR count). The lowest BCUT2D eigenvalue weighted by atomic mass is 9.92. The van der Waals surface area contributed by atoms with E-state index in [1.165, 1.54) is 186 Å². The normalized spacial score (nSPS) is 14.2. The van der Waals surface area contributed by atoms with Crippen LogP contribution in [0.5, 0.6) is 0 Å². The first-order chi connectivity index (χ1) is 18.1. The monoisotopic (exact) mass is 521 g/mol. The van der Waals surface area contributed by atoms with Crippen LogP contribution in [0.1, 0.15) is 221 Å². The molecule has 0 heterocycles. The molecular weight excluding hydrogens is 444 g/mol. The number of hydrogen-bond acceptors (Lipinski definition) is 0. The third-order valence-electron chi connectivity index (χ3n) is 9.14. The Hall–Kier alpha value is 0. The molecule has 37 heavy (non-hydrogen) atoms. The molecule has 224 valence electrons. The second-order valence-electron chi connectivity index (χ2n) is 13.5. The second kappa shape index (κ2) is 30.5. The molecule has 0 fully saturated rings.